The van der Waals surface area contributed by atoms with Crippen LogP contribution in [-0.4, -0.2) is 15.9 Å². The van der Waals surface area contributed by atoms with Crippen molar-refractivity contribution in [2.75, 3.05) is 5.43 Å². The third kappa shape index (κ3) is 3.31. The Bertz CT molecular complexity index is 562. The zero-order valence-electron chi connectivity index (χ0n) is 11.4. The van der Waals surface area contributed by atoms with Crippen molar-refractivity contribution in [2.45, 2.75) is 26.3 Å². The third-order valence-electron chi connectivity index (χ3n) is 2.82. The second-order valence-electron chi connectivity index (χ2n) is 4.30. The lowest BCUT2D eigenvalue weighted by atomic mass is 10.1. The highest BCUT2D eigenvalue weighted by molar-refractivity contribution is 7.09. The van der Waals surface area contributed by atoms with E-state index in [1.54, 1.807) is 18.3 Å². The van der Waals surface area contributed by atoms with E-state index in [9.17, 15) is 4.79 Å². The number of anilines is 1. The average Bonchev–Trinajstić information content (AvgIpc) is 3.00. The topological polar surface area (TPSA) is 92.9 Å². The maximum atomic E-state index is 12.3. The van der Waals surface area contributed by atoms with Crippen LogP contribution in [0.5, 0.6) is 0 Å². The number of hydrazine groups is 1. The van der Waals surface area contributed by atoms with Crippen molar-refractivity contribution in [3.05, 3.63) is 40.0 Å². The first kappa shape index (κ1) is 14.4. The van der Waals surface area contributed by atoms with Crippen LogP contribution in [0.1, 0.15) is 40.9 Å². The molecule has 0 saturated carbocycles. The summed E-state index contributed by atoms with van der Waals surface area (Å²) in [5, 5.41) is 5.67. The number of rotatable bonds is 5. The Hall–Kier alpha value is -1.99. The summed E-state index contributed by atoms with van der Waals surface area (Å²) in [4.78, 5) is 20.7. The zero-order chi connectivity index (χ0) is 14.5. The molecule has 2 heterocycles. The highest BCUT2D eigenvalue weighted by Crippen LogP contribution is 2.16. The van der Waals surface area contributed by atoms with Gasteiger partial charge in [0.25, 0.3) is 5.91 Å². The fourth-order valence-electron chi connectivity index (χ4n) is 1.76. The van der Waals surface area contributed by atoms with Crippen LogP contribution in [0.15, 0.2) is 23.7 Å². The van der Waals surface area contributed by atoms with Crippen molar-refractivity contribution in [3.63, 3.8) is 0 Å². The van der Waals surface area contributed by atoms with Crippen molar-refractivity contribution in [1.29, 1.82) is 0 Å². The second kappa shape index (κ2) is 6.44. The number of nitrogens with two attached hydrogens (primary N) is 1. The Labute approximate surface area is 121 Å². The monoisotopic (exact) mass is 291 g/mol. The number of carbonyl (C=O) groups excluding carboxylic acids is 1. The Morgan fingerprint density at radius 3 is 2.90 bits per heavy atom. The first-order chi connectivity index (χ1) is 9.63. The summed E-state index contributed by atoms with van der Waals surface area (Å²) in [7, 11) is 0. The van der Waals surface area contributed by atoms with Crippen LogP contribution in [0.3, 0.4) is 0 Å². The van der Waals surface area contributed by atoms with Crippen LogP contribution >= 0.6 is 11.3 Å². The van der Waals surface area contributed by atoms with E-state index in [2.05, 4.69) is 20.7 Å². The van der Waals surface area contributed by atoms with Gasteiger partial charge in [-0.05, 0) is 25.5 Å². The van der Waals surface area contributed by atoms with Crippen molar-refractivity contribution in [2.24, 2.45) is 5.84 Å². The number of nitrogens with zero attached hydrogens (tertiary/aromatic N) is 2. The quantitative estimate of drug-likeness (QED) is 0.577. The predicted molar refractivity (Wildman–Crippen MR) is 79.4 cm³/mol. The van der Waals surface area contributed by atoms with E-state index in [1.807, 2.05) is 19.2 Å². The molecular formula is C13H17N5OS. The van der Waals surface area contributed by atoms with E-state index in [0.29, 0.717) is 11.4 Å². The summed E-state index contributed by atoms with van der Waals surface area (Å²) in [6.45, 7) is 3.88. The van der Waals surface area contributed by atoms with Gasteiger partial charge >= 0.3 is 0 Å². The van der Waals surface area contributed by atoms with E-state index in [0.717, 1.165) is 17.1 Å². The molecule has 0 saturated heterocycles. The van der Waals surface area contributed by atoms with E-state index in [-0.39, 0.29) is 11.9 Å². The lowest BCUT2D eigenvalue weighted by Crippen LogP contribution is -2.27. The number of carbonyl (C=O) groups is 1. The second-order valence-corrected chi connectivity index (χ2v) is 5.22. The summed E-state index contributed by atoms with van der Waals surface area (Å²) in [5.41, 5.74) is 3.82. The number of nitrogens with one attached hydrogen (secondary N) is 2. The summed E-state index contributed by atoms with van der Waals surface area (Å²) in [6.07, 6.45) is 2.46. The number of aromatic nitrogens is 2. The zero-order valence-corrected chi connectivity index (χ0v) is 12.2. The van der Waals surface area contributed by atoms with Gasteiger partial charge in [-0.3, -0.25) is 4.79 Å². The van der Waals surface area contributed by atoms with Crippen LogP contribution in [0.4, 0.5) is 5.82 Å². The number of hydrogen-bond acceptors (Lipinski definition) is 6. The van der Waals surface area contributed by atoms with Gasteiger partial charge in [-0.1, -0.05) is 6.92 Å². The molecule has 0 aliphatic rings. The highest BCUT2D eigenvalue weighted by Gasteiger charge is 2.14. The molecule has 2 aromatic heterocycles. The molecule has 1 unspecified atom stereocenters. The van der Waals surface area contributed by atoms with E-state index in [1.165, 1.54) is 11.3 Å². The molecule has 4 N–H and O–H groups in total. The molecule has 0 aliphatic carbocycles. The minimum Gasteiger partial charge on any atom is -0.343 e. The van der Waals surface area contributed by atoms with Crippen LogP contribution in [0.25, 0.3) is 0 Å². The number of hydrogen-bond donors (Lipinski definition) is 3. The van der Waals surface area contributed by atoms with Gasteiger partial charge in [-0.25, -0.2) is 15.8 Å². The van der Waals surface area contributed by atoms with Gasteiger partial charge in [0, 0.05) is 22.8 Å². The fraction of sp³-hybridized carbons (Fsp3) is 0.308. The van der Waals surface area contributed by atoms with Crippen LogP contribution in [0, 0.1) is 0 Å². The summed E-state index contributed by atoms with van der Waals surface area (Å²) >= 11 is 1.51. The first-order valence-electron chi connectivity index (χ1n) is 6.32. The number of thiazole rings is 1. The van der Waals surface area contributed by atoms with Crippen LogP contribution < -0.4 is 16.6 Å². The molecule has 0 radical (unpaired) electrons. The lowest BCUT2D eigenvalue weighted by molar-refractivity contribution is 0.0939. The van der Waals surface area contributed by atoms with Gasteiger partial charge in [0.05, 0.1) is 6.04 Å². The maximum Gasteiger partial charge on any atom is 0.252 e. The first-order valence-corrected chi connectivity index (χ1v) is 7.19. The SMILES string of the molecule is CCc1cc(C(=O)NC(C)c2nccs2)cc(NN)n1. The normalized spacial score (nSPS) is 11.9. The maximum absolute atomic E-state index is 12.3. The molecule has 0 fully saturated rings. The lowest BCUT2D eigenvalue weighted by Gasteiger charge is -2.12. The fourth-order valence-corrected chi connectivity index (χ4v) is 2.41. The predicted octanol–water partition coefficient (Wildman–Crippen LogP) is 1.88. The molecule has 106 valence electrons. The molecule has 1 atom stereocenters. The van der Waals surface area contributed by atoms with Crippen molar-refractivity contribution >= 4 is 23.1 Å². The minimum absolute atomic E-state index is 0.130. The van der Waals surface area contributed by atoms with E-state index >= 15 is 0 Å². The van der Waals surface area contributed by atoms with Crippen molar-refractivity contribution in [3.8, 4) is 0 Å². The summed E-state index contributed by atoms with van der Waals surface area (Å²) < 4.78 is 0. The largest absolute Gasteiger partial charge is 0.343 e. The number of aryl methyl sites for hydroxylation is 1. The number of pyridine rings is 1. The van der Waals surface area contributed by atoms with Gasteiger partial charge in [-0.2, -0.15) is 0 Å². The summed E-state index contributed by atoms with van der Waals surface area (Å²) in [6, 6.07) is 3.27. The van der Waals surface area contributed by atoms with E-state index < -0.39 is 0 Å². The minimum atomic E-state index is -0.165. The number of amides is 1. The molecule has 0 bridgehead atoms. The summed E-state index contributed by atoms with van der Waals surface area (Å²) in [5.74, 6) is 5.69. The smallest absolute Gasteiger partial charge is 0.252 e. The number of nitrogen functional groups attached to an aromatic ring is 1. The molecule has 6 nitrogen and oxygen atoms in total. The molecule has 20 heavy (non-hydrogen) atoms. The Balaban J connectivity index is 2.16. The highest BCUT2D eigenvalue weighted by atomic mass is 32.1. The molecule has 0 aliphatic heterocycles. The van der Waals surface area contributed by atoms with Gasteiger partial charge in [-0.15, -0.1) is 11.3 Å². The van der Waals surface area contributed by atoms with Gasteiger partial charge < -0.3 is 10.7 Å². The Kier molecular flexibility index (Phi) is 4.65. The Morgan fingerprint density at radius 1 is 1.50 bits per heavy atom. The van der Waals surface area contributed by atoms with Gasteiger partial charge in [0.1, 0.15) is 10.8 Å². The molecule has 0 aromatic carbocycles. The van der Waals surface area contributed by atoms with Crippen LogP contribution in [0.2, 0.25) is 0 Å². The molecular weight excluding hydrogens is 274 g/mol. The van der Waals surface area contributed by atoms with Gasteiger partial charge in [0.15, 0.2) is 0 Å². The van der Waals surface area contributed by atoms with Crippen molar-refractivity contribution < 1.29 is 4.79 Å². The van der Waals surface area contributed by atoms with Crippen molar-refractivity contribution in [1.82, 2.24) is 15.3 Å². The molecule has 7 heteroatoms. The molecule has 0 spiro atoms. The van der Waals surface area contributed by atoms with Crippen LogP contribution in [-0.2, 0) is 6.42 Å². The molecule has 2 rings (SSSR count). The third-order valence-corrected chi connectivity index (χ3v) is 3.78. The average molecular weight is 291 g/mol. The Morgan fingerprint density at radius 2 is 2.30 bits per heavy atom. The molecule has 1 amide bonds. The van der Waals surface area contributed by atoms with Gasteiger partial charge in [0.2, 0.25) is 0 Å². The molecule has 2 aromatic rings. The standard InChI is InChI=1S/C13H17N5OS/c1-3-10-6-9(7-11(17-10)18-14)12(19)16-8(2)13-15-4-5-20-13/h4-8H,3,14H2,1-2H3,(H,16,19)(H,17,18). The van der Waals surface area contributed by atoms with E-state index in [4.69, 9.17) is 5.84 Å².